The van der Waals surface area contributed by atoms with E-state index in [1.54, 1.807) is 19.2 Å². The maximum absolute atomic E-state index is 13.1. The van der Waals surface area contributed by atoms with E-state index < -0.39 is 0 Å². The topological polar surface area (TPSA) is 21.3 Å². The van der Waals surface area contributed by atoms with E-state index in [1.165, 1.54) is 11.6 Å². The molecule has 0 amide bonds. The summed E-state index contributed by atoms with van der Waals surface area (Å²) in [5.74, 6) is 0.650. The number of methoxy groups -OCH3 is 1. The van der Waals surface area contributed by atoms with Crippen molar-refractivity contribution >= 4 is 0 Å². The first-order valence-electron chi connectivity index (χ1n) is 6.31. The molecule has 0 bridgehead atoms. The molecule has 19 heavy (non-hydrogen) atoms. The molecule has 3 heteroatoms. The molecular weight excluding hydrogens is 241 g/mol. The molecule has 0 saturated carbocycles. The molecule has 2 nitrogen and oxygen atoms in total. The lowest BCUT2D eigenvalue weighted by Crippen LogP contribution is -2.18. The van der Waals surface area contributed by atoms with Crippen molar-refractivity contribution in [1.29, 1.82) is 0 Å². The van der Waals surface area contributed by atoms with Crippen molar-refractivity contribution < 1.29 is 9.13 Å². The molecule has 2 aromatic carbocycles. The Morgan fingerprint density at radius 2 is 1.89 bits per heavy atom. The van der Waals surface area contributed by atoms with Crippen LogP contribution >= 0.6 is 0 Å². The van der Waals surface area contributed by atoms with Gasteiger partial charge in [-0.1, -0.05) is 24.3 Å². The fourth-order valence-electron chi connectivity index (χ4n) is 1.93. The molecule has 2 rings (SSSR count). The van der Waals surface area contributed by atoms with E-state index in [1.807, 2.05) is 30.3 Å². The highest BCUT2D eigenvalue weighted by atomic mass is 19.1. The average molecular weight is 259 g/mol. The van der Waals surface area contributed by atoms with Gasteiger partial charge in [-0.05, 0) is 42.3 Å². The molecule has 1 atom stereocenters. The van der Waals surface area contributed by atoms with Crippen molar-refractivity contribution in [3.63, 3.8) is 0 Å². The summed E-state index contributed by atoms with van der Waals surface area (Å²) in [4.78, 5) is 0. The number of ether oxygens (including phenoxy) is 1. The molecular formula is C16H18FNO. The van der Waals surface area contributed by atoms with Gasteiger partial charge in [0.05, 0.1) is 7.11 Å². The molecule has 0 aliphatic carbocycles. The lowest BCUT2D eigenvalue weighted by molar-refractivity contribution is 0.414. The lowest BCUT2D eigenvalue weighted by atomic mass is 10.1. The van der Waals surface area contributed by atoms with Crippen molar-refractivity contribution in [1.82, 2.24) is 5.32 Å². The molecule has 2 aromatic rings. The van der Waals surface area contributed by atoms with Crippen LogP contribution in [0.15, 0.2) is 48.5 Å². The smallest absolute Gasteiger partial charge is 0.123 e. The van der Waals surface area contributed by atoms with Gasteiger partial charge in [-0.3, -0.25) is 0 Å². The predicted molar refractivity (Wildman–Crippen MR) is 74.6 cm³/mol. The van der Waals surface area contributed by atoms with Crippen molar-refractivity contribution in [2.75, 3.05) is 7.11 Å². The number of halogens is 1. The summed E-state index contributed by atoms with van der Waals surface area (Å²) in [6.07, 6.45) is 0. The summed E-state index contributed by atoms with van der Waals surface area (Å²) < 4.78 is 18.2. The summed E-state index contributed by atoms with van der Waals surface area (Å²) >= 11 is 0. The number of hydrogen-bond donors (Lipinski definition) is 1. The first-order chi connectivity index (χ1) is 9.19. The van der Waals surface area contributed by atoms with Crippen LogP contribution in [-0.4, -0.2) is 7.11 Å². The number of benzene rings is 2. The van der Waals surface area contributed by atoms with Gasteiger partial charge in [-0.15, -0.1) is 0 Å². The van der Waals surface area contributed by atoms with Gasteiger partial charge in [0, 0.05) is 12.6 Å². The zero-order valence-electron chi connectivity index (χ0n) is 11.2. The Morgan fingerprint density at radius 3 is 2.53 bits per heavy atom. The lowest BCUT2D eigenvalue weighted by Gasteiger charge is -2.14. The van der Waals surface area contributed by atoms with Crippen LogP contribution in [0.2, 0.25) is 0 Å². The van der Waals surface area contributed by atoms with Gasteiger partial charge in [0.15, 0.2) is 0 Å². The minimum absolute atomic E-state index is 0.198. The third kappa shape index (κ3) is 3.80. The van der Waals surface area contributed by atoms with Crippen LogP contribution in [0.4, 0.5) is 4.39 Å². The van der Waals surface area contributed by atoms with E-state index >= 15 is 0 Å². The Kier molecular flexibility index (Phi) is 4.53. The highest BCUT2D eigenvalue weighted by Gasteiger charge is 2.05. The third-order valence-electron chi connectivity index (χ3n) is 3.12. The second kappa shape index (κ2) is 6.34. The van der Waals surface area contributed by atoms with E-state index in [-0.39, 0.29) is 11.9 Å². The van der Waals surface area contributed by atoms with Gasteiger partial charge < -0.3 is 10.1 Å². The summed E-state index contributed by atoms with van der Waals surface area (Å²) in [5.41, 5.74) is 2.12. The minimum atomic E-state index is -0.198. The van der Waals surface area contributed by atoms with Crippen molar-refractivity contribution in [3.05, 3.63) is 65.5 Å². The Labute approximate surface area is 113 Å². The normalized spacial score (nSPS) is 12.2. The van der Waals surface area contributed by atoms with Crippen molar-refractivity contribution in [3.8, 4) is 5.75 Å². The largest absolute Gasteiger partial charge is 0.497 e. The SMILES string of the molecule is COc1ccc(C(C)NCc2cccc(F)c2)cc1. The van der Waals surface area contributed by atoms with E-state index in [0.29, 0.717) is 6.54 Å². The van der Waals surface area contributed by atoms with Gasteiger partial charge >= 0.3 is 0 Å². The van der Waals surface area contributed by atoms with E-state index in [4.69, 9.17) is 4.74 Å². The summed E-state index contributed by atoms with van der Waals surface area (Å²) in [5, 5.41) is 3.37. The number of nitrogens with one attached hydrogen (secondary N) is 1. The molecule has 100 valence electrons. The second-order valence-corrected chi connectivity index (χ2v) is 4.51. The van der Waals surface area contributed by atoms with Gasteiger partial charge in [0.2, 0.25) is 0 Å². The van der Waals surface area contributed by atoms with Crippen LogP contribution in [0.1, 0.15) is 24.1 Å². The molecule has 0 heterocycles. The first-order valence-corrected chi connectivity index (χ1v) is 6.31. The van der Waals surface area contributed by atoms with Crippen LogP contribution < -0.4 is 10.1 Å². The highest BCUT2D eigenvalue weighted by Crippen LogP contribution is 2.17. The summed E-state index contributed by atoms with van der Waals surface area (Å²) in [6.45, 7) is 2.73. The second-order valence-electron chi connectivity index (χ2n) is 4.51. The minimum Gasteiger partial charge on any atom is -0.497 e. The Bertz CT molecular complexity index is 525. The van der Waals surface area contributed by atoms with Crippen molar-refractivity contribution in [2.24, 2.45) is 0 Å². The molecule has 0 fully saturated rings. The summed E-state index contributed by atoms with van der Waals surface area (Å²) in [6, 6.07) is 14.8. The first kappa shape index (κ1) is 13.6. The van der Waals surface area contributed by atoms with Crippen LogP contribution in [0.3, 0.4) is 0 Å². The molecule has 0 spiro atoms. The monoisotopic (exact) mass is 259 g/mol. The standard InChI is InChI=1S/C16H18FNO/c1-12(14-6-8-16(19-2)9-7-14)18-11-13-4-3-5-15(17)10-13/h3-10,12,18H,11H2,1-2H3. The van der Waals surface area contributed by atoms with E-state index in [0.717, 1.165) is 11.3 Å². The molecule has 0 aliphatic rings. The van der Waals surface area contributed by atoms with Crippen LogP contribution in [-0.2, 0) is 6.54 Å². The Hall–Kier alpha value is -1.87. The average Bonchev–Trinajstić information content (AvgIpc) is 2.45. The Balaban J connectivity index is 1.95. The van der Waals surface area contributed by atoms with Gasteiger partial charge in [0.25, 0.3) is 0 Å². The molecule has 1 unspecified atom stereocenters. The van der Waals surface area contributed by atoms with E-state index in [9.17, 15) is 4.39 Å². The highest BCUT2D eigenvalue weighted by molar-refractivity contribution is 5.29. The quantitative estimate of drug-likeness (QED) is 0.884. The Morgan fingerprint density at radius 1 is 1.16 bits per heavy atom. The van der Waals surface area contributed by atoms with Gasteiger partial charge in [-0.2, -0.15) is 0 Å². The molecule has 0 aliphatic heterocycles. The molecule has 0 aromatic heterocycles. The van der Waals surface area contributed by atoms with E-state index in [2.05, 4.69) is 12.2 Å². The maximum atomic E-state index is 13.1. The van der Waals surface area contributed by atoms with Crippen LogP contribution in [0.5, 0.6) is 5.75 Å². The molecule has 1 N–H and O–H groups in total. The maximum Gasteiger partial charge on any atom is 0.123 e. The number of rotatable bonds is 5. The fraction of sp³-hybridized carbons (Fsp3) is 0.250. The zero-order valence-corrected chi connectivity index (χ0v) is 11.2. The fourth-order valence-corrected chi connectivity index (χ4v) is 1.93. The zero-order chi connectivity index (χ0) is 13.7. The predicted octanol–water partition coefficient (Wildman–Crippen LogP) is 3.69. The van der Waals surface area contributed by atoms with Crippen LogP contribution in [0, 0.1) is 5.82 Å². The summed E-state index contributed by atoms with van der Waals surface area (Å²) in [7, 11) is 1.65. The molecule has 0 radical (unpaired) electrons. The third-order valence-corrected chi connectivity index (χ3v) is 3.12. The molecule has 0 saturated heterocycles. The van der Waals surface area contributed by atoms with Gasteiger partial charge in [-0.25, -0.2) is 4.39 Å². The van der Waals surface area contributed by atoms with Crippen molar-refractivity contribution in [2.45, 2.75) is 19.5 Å². The van der Waals surface area contributed by atoms with Crippen LogP contribution in [0.25, 0.3) is 0 Å². The van der Waals surface area contributed by atoms with Gasteiger partial charge in [0.1, 0.15) is 11.6 Å². The number of hydrogen-bond acceptors (Lipinski definition) is 2.